The highest BCUT2D eigenvalue weighted by atomic mass is 35.5. The number of amides is 2. The van der Waals surface area contributed by atoms with Crippen LogP contribution in [-0.4, -0.2) is 74.0 Å². The van der Waals surface area contributed by atoms with E-state index in [0.29, 0.717) is 13.1 Å². The fourth-order valence-electron chi connectivity index (χ4n) is 3.58. The number of piperazine rings is 1. The van der Waals surface area contributed by atoms with E-state index in [1.165, 1.54) is 12.1 Å². The van der Waals surface area contributed by atoms with Crippen molar-refractivity contribution in [1.82, 2.24) is 20.4 Å². The van der Waals surface area contributed by atoms with Crippen molar-refractivity contribution < 1.29 is 14.0 Å². The van der Waals surface area contributed by atoms with Crippen LogP contribution in [-0.2, 0) is 4.79 Å². The van der Waals surface area contributed by atoms with Crippen molar-refractivity contribution in [3.8, 4) is 0 Å². The minimum Gasteiger partial charge on any atom is -0.351 e. The largest absolute Gasteiger partial charge is 0.351 e. The second kappa shape index (κ2) is 12.2. The Labute approximate surface area is 178 Å². The molecular weight excluding hydrogens is 406 g/mol. The van der Waals surface area contributed by atoms with Gasteiger partial charge in [0.1, 0.15) is 5.82 Å². The van der Waals surface area contributed by atoms with Crippen molar-refractivity contribution in [1.29, 1.82) is 0 Å². The number of hydrogen-bond acceptors (Lipinski definition) is 4. The average molecular weight is 435 g/mol. The topological polar surface area (TPSA) is 64.7 Å². The quantitative estimate of drug-likeness (QED) is 0.737. The van der Waals surface area contributed by atoms with Gasteiger partial charge in [0.05, 0.1) is 11.5 Å². The van der Waals surface area contributed by atoms with Gasteiger partial charge in [0.15, 0.2) is 0 Å². The third kappa shape index (κ3) is 6.58. The van der Waals surface area contributed by atoms with Gasteiger partial charge >= 0.3 is 0 Å². The lowest BCUT2D eigenvalue weighted by atomic mass is 9.98. The highest BCUT2D eigenvalue weighted by Crippen LogP contribution is 2.15. The Morgan fingerprint density at radius 2 is 1.86 bits per heavy atom. The molecule has 28 heavy (non-hydrogen) atoms. The molecule has 0 radical (unpaired) electrons. The van der Waals surface area contributed by atoms with Gasteiger partial charge in [0.2, 0.25) is 5.91 Å². The van der Waals surface area contributed by atoms with Gasteiger partial charge in [-0.05, 0) is 31.5 Å². The van der Waals surface area contributed by atoms with Crippen LogP contribution in [0.15, 0.2) is 24.3 Å². The number of nitrogens with zero attached hydrogens (tertiary/aromatic N) is 2. The van der Waals surface area contributed by atoms with Crippen LogP contribution >= 0.6 is 24.8 Å². The molecular formula is C19H29Cl2FN4O2. The summed E-state index contributed by atoms with van der Waals surface area (Å²) in [5.74, 6) is -0.504. The Balaban J connectivity index is 0.00000196. The van der Waals surface area contributed by atoms with E-state index in [2.05, 4.69) is 15.5 Å². The zero-order chi connectivity index (χ0) is 18.4. The van der Waals surface area contributed by atoms with Crippen LogP contribution in [0.25, 0.3) is 0 Å². The van der Waals surface area contributed by atoms with E-state index in [4.69, 9.17) is 0 Å². The van der Waals surface area contributed by atoms with E-state index in [1.54, 1.807) is 12.1 Å². The summed E-state index contributed by atoms with van der Waals surface area (Å²) in [6, 6.07) is 5.98. The third-order valence-corrected chi connectivity index (χ3v) is 5.16. The smallest absolute Gasteiger partial charge is 0.254 e. The molecule has 2 heterocycles. The lowest BCUT2D eigenvalue weighted by Gasteiger charge is -2.37. The molecule has 0 spiro atoms. The second-order valence-electron chi connectivity index (χ2n) is 6.95. The lowest BCUT2D eigenvalue weighted by molar-refractivity contribution is -0.137. The first-order valence-electron chi connectivity index (χ1n) is 9.40. The van der Waals surface area contributed by atoms with Crippen molar-refractivity contribution in [2.24, 2.45) is 5.92 Å². The monoisotopic (exact) mass is 434 g/mol. The molecule has 158 valence electrons. The van der Waals surface area contributed by atoms with E-state index < -0.39 is 5.82 Å². The highest BCUT2D eigenvalue weighted by molar-refractivity contribution is 5.94. The molecule has 0 aliphatic carbocycles. The Morgan fingerprint density at radius 3 is 2.50 bits per heavy atom. The van der Waals surface area contributed by atoms with Gasteiger partial charge in [-0.1, -0.05) is 12.1 Å². The lowest BCUT2D eigenvalue weighted by Crippen LogP contribution is -2.53. The highest BCUT2D eigenvalue weighted by Gasteiger charge is 2.28. The van der Waals surface area contributed by atoms with Gasteiger partial charge in [-0.3, -0.25) is 14.5 Å². The molecule has 1 aromatic carbocycles. The molecule has 1 aromatic rings. The zero-order valence-electron chi connectivity index (χ0n) is 15.9. The van der Waals surface area contributed by atoms with E-state index >= 15 is 0 Å². The third-order valence-electron chi connectivity index (χ3n) is 5.16. The molecule has 6 nitrogen and oxygen atoms in total. The Morgan fingerprint density at radius 1 is 1.14 bits per heavy atom. The number of rotatable bonds is 5. The molecule has 3 rings (SSSR count). The van der Waals surface area contributed by atoms with Crippen molar-refractivity contribution >= 4 is 36.6 Å². The van der Waals surface area contributed by atoms with Gasteiger partial charge < -0.3 is 15.5 Å². The maximum absolute atomic E-state index is 13.6. The zero-order valence-corrected chi connectivity index (χ0v) is 17.5. The maximum atomic E-state index is 13.6. The molecule has 2 aliphatic heterocycles. The van der Waals surface area contributed by atoms with E-state index in [0.717, 1.165) is 52.1 Å². The van der Waals surface area contributed by atoms with Crippen LogP contribution in [0.1, 0.15) is 23.2 Å². The van der Waals surface area contributed by atoms with Gasteiger partial charge in [0, 0.05) is 45.8 Å². The number of piperidine rings is 1. The molecule has 2 N–H and O–H groups in total. The van der Waals surface area contributed by atoms with Crippen LogP contribution in [0.3, 0.4) is 0 Å². The fraction of sp³-hybridized carbons (Fsp3) is 0.579. The minimum absolute atomic E-state index is 0. The van der Waals surface area contributed by atoms with Crippen molar-refractivity contribution in [2.45, 2.75) is 12.8 Å². The summed E-state index contributed by atoms with van der Waals surface area (Å²) in [6.45, 7) is 6.05. The first kappa shape index (κ1) is 24.6. The summed E-state index contributed by atoms with van der Waals surface area (Å²) in [4.78, 5) is 28.7. The van der Waals surface area contributed by atoms with Crippen LogP contribution in [0.4, 0.5) is 4.39 Å². The summed E-state index contributed by atoms with van der Waals surface area (Å²) in [5.41, 5.74) is 0.0732. The van der Waals surface area contributed by atoms with Crippen LogP contribution in [0.5, 0.6) is 0 Å². The number of halogens is 3. The van der Waals surface area contributed by atoms with Crippen molar-refractivity contribution in [3.05, 3.63) is 35.6 Å². The minimum atomic E-state index is -0.505. The van der Waals surface area contributed by atoms with Crippen molar-refractivity contribution in [3.63, 3.8) is 0 Å². The molecule has 2 aliphatic rings. The maximum Gasteiger partial charge on any atom is 0.254 e. The Kier molecular flexibility index (Phi) is 10.7. The number of nitrogens with one attached hydrogen (secondary N) is 2. The molecule has 9 heteroatoms. The molecule has 1 unspecified atom stereocenters. The predicted octanol–water partition coefficient (Wildman–Crippen LogP) is 1.54. The standard InChI is InChI=1S/C19H27FN4O2.2ClH/c20-17-6-2-1-5-16(17)18(25)22-8-9-23-10-12-24(13-11-23)19(26)15-4-3-7-21-14-15;;/h1-2,5-6,15,21H,3-4,7-14H2,(H,22,25);2*1H. The van der Waals surface area contributed by atoms with Crippen molar-refractivity contribution in [2.75, 3.05) is 52.4 Å². The summed E-state index contributed by atoms with van der Waals surface area (Å²) in [5, 5.41) is 6.06. The molecule has 2 saturated heterocycles. The average Bonchev–Trinajstić information content (AvgIpc) is 2.69. The normalized spacial score (nSPS) is 19.9. The fourth-order valence-corrected chi connectivity index (χ4v) is 3.58. The van der Waals surface area contributed by atoms with Crippen LogP contribution in [0, 0.1) is 11.7 Å². The Hall–Kier alpha value is -1.41. The van der Waals surface area contributed by atoms with Gasteiger partial charge in [-0.15, -0.1) is 24.8 Å². The number of carbonyl (C=O) groups is 2. The number of carbonyl (C=O) groups excluding carboxylic acids is 2. The van der Waals surface area contributed by atoms with E-state index in [-0.39, 0.29) is 48.1 Å². The Bertz CT molecular complexity index is 636. The molecule has 0 saturated carbocycles. The molecule has 0 aromatic heterocycles. The molecule has 2 amide bonds. The molecule has 1 atom stereocenters. The van der Waals surface area contributed by atoms with Gasteiger partial charge in [-0.25, -0.2) is 4.39 Å². The number of hydrogen-bond donors (Lipinski definition) is 2. The summed E-state index contributed by atoms with van der Waals surface area (Å²) in [6.07, 6.45) is 2.05. The predicted molar refractivity (Wildman–Crippen MR) is 112 cm³/mol. The van der Waals surface area contributed by atoms with E-state index in [9.17, 15) is 14.0 Å². The molecule has 2 fully saturated rings. The van der Waals surface area contributed by atoms with Gasteiger partial charge in [0.25, 0.3) is 5.91 Å². The van der Waals surface area contributed by atoms with Gasteiger partial charge in [-0.2, -0.15) is 0 Å². The molecule has 0 bridgehead atoms. The summed E-state index contributed by atoms with van der Waals surface area (Å²) < 4.78 is 13.6. The summed E-state index contributed by atoms with van der Waals surface area (Å²) >= 11 is 0. The first-order chi connectivity index (χ1) is 12.6. The SMILES string of the molecule is Cl.Cl.O=C(NCCN1CCN(C(=O)C2CCCNC2)CC1)c1ccccc1F. The first-order valence-corrected chi connectivity index (χ1v) is 9.40. The van der Waals surface area contributed by atoms with E-state index in [1.807, 2.05) is 4.90 Å². The van der Waals surface area contributed by atoms with Crippen LogP contribution in [0.2, 0.25) is 0 Å². The number of benzene rings is 1. The second-order valence-corrected chi connectivity index (χ2v) is 6.95. The van der Waals surface area contributed by atoms with Crippen LogP contribution < -0.4 is 10.6 Å². The summed E-state index contributed by atoms with van der Waals surface area (Å²) in [7, 11) is 0.